The van der Waals surface area contributed by atoms with E-state index >= 15 is 0 Å². The van der Waals surface area contributed by atoms with E-state index in [9.17, 15) is 18.0 Å². The number of nitrogens with zero attached hydrogens (tertiary/aromatic N) is 1. The third kappa shape index (κ3) is 6.10. The van der Waals surface area contributed by atoms with Crippen molar-refractivity contribution in [2.24, 2.45) is 5.92 Å². The highest BCUT2D eigenvalue weighted by molar-refractivity contribution is 7.89. The molecule has 2 amide bonds. The summed E-state index contributed by atoms with van der Waals surface area (Å²) in [5.74, 6) is -0.608. The standard InChI is InChI=1S/C23H29N3O6S/c1-31-15-13-24-23(28)20-7-3-4-8-21(20)25-22(27)17-6-5-14-26(16-17)33(29,30)19-11-9-18(32-2)10-12-19/h3-4,7-12,17H,5-6,13-16H2,1-2H3,(H,24,28)(H,25,27). The van der Waals surface area contributed by atoms with Gasteiger partial charge in [0.1, 0.15) is 5.75 Å². The van der Waals surface area contributed by atoms with E-state index in [0.29, 0.717) is 49.5 Å². The van der Waals surface area contributed by atoms with Gasteiger partial charge < -0.3 is 20.1 Å². The molecule has 0 saturated carbocycles. The van der Waals surface area contributed by atoms with Gasteiger partial charge in [-0.15, -0.1) is 0 Å². The van der Waals surface area contributed by atoms with Crippen molar-refractivity contribution in [1.29, 1.82) is 0 Å². The van der Waals surface area contributed by atoms with Gasteiger partial charge in [0.2, 0.25) is 15.9 Å². The van der Waals surface area contributed by atoms with Crippen molar-refractivity contribution >= 4 is 27.5 Å². The summed E-state index contributed by atoms with van der Waals surface area (Å²) < 4.78 is 37.5. The van der Waals surface area contributed by atoms with Crippen LogP contribution in [0, 0.1) is 5.92 Å². The average molecular weight is 476 g/mol. The predicted molar refractivity (Wildman–Crippen MR) is 124 cm³/mol. The maximum atomic E-state index is 13.1. The third-order valence-electron chi connectivity index (χ3n) is 5.47. The fourth-order valence-electron chi connectivity index (χ4n) is 3.66. The quantitative estimate of drug-likeness (QED) is 0.537. The Morgan fingerprint density at radius 3 is 2.52 bits per heavy atom. The predicted octanol–water partition coefficient (Wildman–Crippen LogP) is 2.11. The van der Waals surface area contributed by atoms with Crippen LogP contribution >= 0.6 is 0 Å². The number of benzene rings is 2. The van der Waals surface area contributed by atoms with E-state index in [1.807, 2.05) is 0 Å². The summed E-state index contributed by atoms with van der Waals surface area (Å²) in [5.41, 5.74) is 0.716. The van der Waals surface area contributed by atoms with E-state index in [1.165, 1.54) is 23.5 Å². The smallest absolute Gasteiger partial charge is 0.253 e. The van der Waals surface area contributed by atoms with Gasteiger partial charge in [-0.3, -0.25) is 9.59 Å². The number of sulfonamides is 1. The van der Waals surface area contributed by atoms with E-state index in [1.54, 1.807) is 43.5 Å². The van der Waals surface area contributed by atoms with Crippen LogP contribution in [0.15, 0.2) is 53.4 Å². The van der Waals surface area contributed by atoms with Crippen LogP contribution < -0.4 is 15.4 Å². The van der Waals surface area contributed by atoms with Crippen molar-refractivity contribution < 1.29 is 27.5 Å². The second-order valence-corrected chi connectivity index (χ2v) is 9.60. The Morgan fingerprint density at radius 1 is 1.09 bits per heavy atom. The molecule has 10 heteroatoms. The van der Waals surface area contributed by atoms with Gasteiger partial charge in [0.05, 0.1) is 35.8 Å². The Balaban J connectivity index is 1.69. The number of carbonyl (C=O) groups is 2. The minimum Gasteiger partial charge on any atom is -0.497 e. The summed E-state index contributed by atoms with van der Waals surface area (Å²) in [6, 6.07) is 12.9. The second kappa shape index (κ2) is 11.3. The zero-order valence-corrected chi connectivity index (χ0v) is 19.6. The molecule has 33 heavy (non-hydrogen) atoms. The van der Waals surface area contributed by atoms with Crippen molar-refractivity contribution in [2.45, 2.75) is 17.7 Å². The normalized spacial score (nSPS) is 16.7. The molecular weight excluding hydrogens is 446 g/mol. The Hall–Kier alpha value is -2.95. The summed E-state index contributed by atoms with van der Waals surface area (Å²) >= 11 is 0. The number of methoxy groups -OCH3 is 2. The first-order valence-corrected chi connectivity index (χ1v) is 12.1. The van der Waals surface area contributed by atoms with Gasteiger partial charge in [0.15, 0.2) is 0 Å². The second-order valence-electron chi connectivity index (χ2n) is 7.66. The molecule has 0 radical (unpaired) electrons. The molecule has 178 valence electrons. The Labute approximate surface area is 194 Å². The first-order valence-electron chi connectivity index (χ1n) is 10.7. The van der Waals surface area contributed by atoms with Crippen molar-refractivity contribution in [2.75, 3.05) is 45.8 Å². The van der Waals surface area contributed by atoms with Gasteiger partial charge in [-0.05, 0) is 49.2 Å². The number of amides is 2. The lowest BCUT2D eigenvalue weighted by molar-refractivity contribution is -0.120. The molecule has 3 rings (SSSR count). The summed E-state index contributed by atoms with van der Waals surface area (Å²) in [6.45, 7) is 1.14. The zero-order valence-electron chi connectivity index (χ0n) is 18.7. The molecule has 1 heterocycles. The molecule has 9 nitrogen and oxygen atoms in total. The van der Waals surface area contributed by atoms with Gasteiger partial charge in [0.25, 0.3) is 5.91 Å². The largest absolute Gasteiger partial charge is 0.497 e. The van der Waals surface area contributed by atoms with Crippen LogP contribution in [0.2, 0.25) is 0 Å². The van der Waals surface area contributed by atoms with Crippen molar-refractivity contribution in [3.63, 3.8) is 0 Å². The van der Waals surface area contributed by atoms with Crippen molar-refractivity contribution in [1.82, 2.24) is 9.62 Å². The number of rotatable bonds is 9. The molecule has 2 N–H and O–H groups in total. The summed E-state index contributed by atoms with van der Waals surface area (Å²) in [5, 5.41) is 5.54. The van der Waals surface area contributed by atoms with E-state index < -0.39 is 15.9 Å². The SMILES string of the molecule is COCCNC(=O)c1ccccc1NC(=O)C1CCCN(S(=O)(=O)c2ccc(OC)cc2)C1. The molecule has 2 aromatic rings. The number of para-hydroxylation sites is 1. The van der Waals surface area contributed by atoms with Crippen molar-refractivity contribution in [3.8, 4) is 5.75 Å². The number of ether oxygens (including phenoxy) is 2. The zero-order chi connectivity index (χ0) is 23.8. The summed E-state index contributed by atoms with van der Waals surface area (Å²) in [6.07, 6.45) is 1.12. The van der Waals surface area contributed by atoms with Gasteiger partial charge in [-0.1, -0.05) is 12.1 Å². The van der Waals surface area contributed by atoms with Gasteiger partial charge in [-0.25, -0.2) is 8.42 Å². The molecule has 1 aliphatic heterocycles. The van der Waals surface area contributed by atoms with Crippen LogP contribution in [0.1, 0.15) is 23.2 Å². The van der Waals surface area contributed by atoms with E-state index in [0.717, 1.165) is 0 Å². The first kappa shape index (κ1) is 24.7. The van der Waals surface area contributed by atoms with E-state index in [2.05, 4.69) is 10.6 Å². The van der Waals surface area contributed by atoms with Gasteiger partial charge in [-0.2, -0.15) is 4.31 Å². The van der Waals surface area contributed by atoms with Gasteiger partial charge >= 0.3 is 0 Å². The molecule has 1 fully saturated rings. The van der Waals surface area contributed by atoms with Crippen LogP contribution in [0.25, 0.3) is 0 Å². The lowest BCUT2D eigenvalue weighted by Gasteiger charge is -2.31. The monoisotopic (exact) mass is 475 g/mol. The van der Waals surface area contributed by atoms with Crippen LogP contribution in [-0.2, 0) is 19.6 Å². The molecule has 0 bridgehead atoms. The topological polar surface area (TPSA) is 114 Å². The highest BCUT2D eigenvalue weighted by Gasteiger charge is 2.33. The van der Waals surface area contributed by atoms with Crippen molar-refractivity contribution in [3.05, 3.63) is 54.1 Å². The van der Waals surface area contributed by atoms with E-state index in [-0.39, 0.29) is 23.3 Å². The fraction of sp³-hybridized carbons (Fsp3) is 0.391. The maximum absolute atomic E-state index is 13.1. The molecule has 0 spiro atoms. The van der Waals surface area contributed by atoms with Gasteiger partial charge in [0, 0.05) is 26.7 Å². The molecule has 1 atom stereocenters. The number of carbonyl (C=O) groups excluding carboxylic acids is 2. The Kier molecular flexibility index (Phi) is 8.43. The Bertz CT molecular complexity index is 1070. The average Bonchev–Trinajstić information content (AvgIpc) is 2.84. The highest BCUT2D eigenvalue weighted by atomic mass is 32.2. The number of hydrogen-bond donors (Lipinski definition) is 2. The number of piperidine rings is 1. The molecular formula is C23H29N3O6S. The third-order valence-corrected chi connectivity index (χ3v) is 7.35. The molecule has 1 saturated heterocycles. The maximum Gasteiger partial charge on any atom is 0.253 e. The molecule has 1 unspecified atom stereocenters. The lowest BCUT2D eigenvalue weighted by Crippen LogP contribution is -2.43. The van der Waals surface area contributed by atoms with Crippen LogP contribution in [0.4, 0.5) is 5.69 Å². The number of hydrogen-bond acceptors (Lipinski definition) is 6. The number of nitrogens with one attached hydrogen (secondary N) is 2. The van der Waals surface area contributed by atoms with Crippen LogP contribution in [0.3, 0.4) is 0 Å². The first-order chi connectivity index (χ1) is 15.9. The minimum atomic E-state index is -3.74. The molecule has 2 aromatic carbocycles. The summed E-state index contributed by atoms with van der Waals surface area (Å²) in [4.78, 5) is 25.6. The molecule has 0 aliphatic carbocycles. The highest BCUT2D eigenvalue weighted by Crippen LogP contribution is 2.26. The van der Waals surface area contributed by atoms with Crippen LogP contribution in [0.5, 0.6) is 5.75 Å². The fourth-order valence-corrected chi connectivity index (χ4v) is 5.18. The van der Waals surface area contributed by atoms with E-state index in [4.69, 9.17) is 9.47 Å². The minimum absolute atomic E-state index is 0.0718. The molecule has 1 aliphatic rings. The lowest BCUT2D eigenvalue weighted by atomic mass is 9.98. The molecule has 0 aromatic heterocycles. The Morgan fingerprint density at radius 2 is 1.82 bits per heavy atom. The summed E-state index contributed by atoms with van der Waals surface area (Å²) in [7, 11) is -0.682. The van der Waals surface area contributed by atoms with Crippen LogP contribution in [-0.4, -0.2) is 65.0 Å². The number of anilines is 1.